The van der Waals surface area contributed by atoms with E-state index < -0.39 is 0 Å². The molecule has 0 bridgehead atoms. The quantitative estimate of drug-likeness (QED) is 0.386. The predicted molar refractivity (Wildman–Crippen MR) is 130 cm³/mol. The van der Waals surface area contributed by atoms with E-state index in [-0.39, 0.29) is 24.1 Å². The van der Waals surface area contributed by atoms with Gasteiger partial charge in [-0.1, -0.05) is 23.4 Å². The van der Waals surface area contributed by atoms with Crippen LogP contribution in [0.2, 0.25) is 5.02 Å². The van der Waals surface area contributed by atoms with Crippen LogP contribution in [0.4, 0.5) is 5.69 Å². The Morgan fingerprint density at radius 2 is 1.88 bits per heavy atom. The number of nitrogens with zero attached hydrogens (tertiary/aromatic N) is 3. The van der Waals surface area contributed by atoms with Crippen molar-refractivity contribution < 1.29 is 19.1 Å². The Morgan fingerprint density at radius 3 is 2.58 bits per heavy atom. The van der Waals surface area contributed by atoms with Crippen molar-refractivity contribution in [3.05, 3.63) is 57.3 Å². The number of benzene rings is 2. The Labute approximate surface area is 208 Å². The number of carbonyl (C=O) groups is 2. The highest BCUT2D eigenvalue weighted by molar-refractivity contribution is 9.10. The number of methoxy groups -OCH3 is 2. The van der Waals surface area contributed by atoms with Crippen LogP contribution in [0, 0.1) is 0 Å². The number of amides is 2. The van der Waals surface area contributed by atoms with Gasteiger partial charge >= 0.3 is 0 Å². The molecule has 0 saturated carbocycles. The van der Waals surface area contributed by atoms with Gasteiger partial charge in [0.25, 0.3) is 5.91 Å². The molecule has 0 fully saturated rings. The van der Waals surface area contributed by atoms with Gasteiger partial charge in [0.15, 0.2) is 22.5 Å². The second kappa shape index (κ2) is 11.4. The molecule has 0 aliphatic heterocycles. The highest BCUT2D eigenvalue weighted by atomic mass is 79.9. The van der Waals surface area contributed by atoms with E-state index in [0.717, 1.165) is 4.47 Å². The molecule has 0 saturated heterocycles. The standard InChI is InChI=1S/C21H21BrClN5O4S/c1-28-18(10-24-20(30)12-4-7-16(31-2)17(8-12)32-3)26-27-21(28)33-11-19(29)25-13-5-6-14(22)15(23)9-13/h4-9H,10-11H2,1-3H3,(H,24,30)(H,25,29). The Kier molecular flexibility index (Phi) is 8.59. The average Bonchev–Trinajstić information content (AvgIpc) is 3.17. The molecule has 3 aromatic rings. The van der Waals surface area contributed by atoms with Crippen molar-refractivity contribution in [2.45, 2.75) is 11.7 Å². The zero-order valence-corrected chi connectivity index (χ0v) is 21.2. The van der Waals surface area contributed by atoms with Gasteiger partial charge in [0.1, 0.15) is 0 Å². The molecule has 3 rings (SSSR count). The van der Waals surface area contributed by atoms with Gasteiger partial charge in [-0.25, -0.2) is 0 Å². The Bertz CT molecular complexity index is 1170. The smallest absolute Gasteiger partial charge is 0.251 e. The van der Waals surface area contributed by atoms with Crippen LogP contribution >= 0.6 is 39.3 Å². The van der Waals surface area contributed by atoms with Crippen molar-refractivity contribution in [1.82, 2.24) is 20.1 Å². The van der Waals surface area contributed by atoms with Gasteiger partial charge in [-0.3, -0.25) is 9.59 Å². The van der Waals surface area contributed by atoms with Gasteiger partial charge in [0.2, 0.25) is 5.91 Å². The molecule has 2 N–H and O–H groups in total. The number of nitrogens with one attached hydrogen (secondary N) is 2. The topological polar surface area (TPSA) is 107 Å². The number of halogens is 2. The van der Waals surface area contributed by atoms with E-state index in [0.29, 0.717) is 38.8 Å². The number of carbonyl (C=O) groups excluding carboxylic acids is 2. The number of aromatic nitrogens is 3. The molecule has 0 aliphatic rings. The van der Waals surface area contributed by atoms with Gasteiger partial charge < -0.3 is 24.7 Å². The second-order valence-corrected chi connectivity index (χ2v) is 8.88. The minimum Gasteiger partial charge on any atom is -0.493 e. The summed E-state index contributed by atoms with van der Waals surface area (Å²) in [6, 6.07) is 10.1. The summed E-state index contributed by atoms with van der Waals surface area (Å²) in [5.41, 5.74) is 1.03. The number of anilines is 1. The summed E-state index contributed by atoms with van der Waals surface area (Å²) in [5.74, 6) is 1.19. The molecule has 0 unspecified atom stereocenters. The van der Waals surface area contributed by atoms with Gasteiger partial charge in [-0.15, -0.1) is 10.2 Å². The molecule has 0 atom stereocenters. The summed E-state index contributed by atoms with van der Waals surface area (Å²) < 4.78 is 12.9. The van der Waals surface area contributed by atoms with Crippen LogP contribution in [-0.4, -0.2) is 46.6 Å². The van der Waals surface area contributed by atoms with Crippen molar-refractivity contribution in [3.8, 4) is 11.5 Å². The number of ether oxygens (including phenoxy) is 2. The first-order valence-corrected chi connectivity index (χ1v) is 11.7. The van der Waals surface area contributed by atoms with Crippen molar-refractivity contribution in [2.24, 2.45) is 7.05 Å². The van der Waals surface area contributed by atoms with Gasteiger partial charge in [0.05, 0.1) is 31.5 Å². The van der Waals surface area contributed by atoms with E-state index in [9.17, 15) is 9.59 Å². The molecule has 174 valence electrons. The molecule has 1 aromatic heterocycles. The summed E-state index contributed by atoms with van der Waals surface area (Å²) in [6.45, 7) is 0.167. The van der Waals surface area contributed by atoms with E-state index >= 15 is 0 Å². The molecule has 0 spiro atoms. The van der Waals surface area contributed by atoms with Crippen molar-refractivity contribution in [3.63, 3.8) is 0 Å². The minimum absolute atomic E-state index is 0.137. The lowest BCUT2D eigenvalue weighted by Gasteiger charge is -2.10. The maximum atomic E-state index is 12.5. The molecular weight excluding hydrogens is 534 g/mol. The molecule has 2 aromatic carbocycles. The highest BCUT2D eigenvalue weighted by Crippen LogP contribution is 2.28. The van der Waals surface area contributed by atoms with E-state index in [2.05, 4.69) is 36.8 Å². The minimum atomic E-state index is -0.291. The third kappa shape index (κ3) is 6.40. The summed E-state index contributed by atoms with van der Waals surface area (Å²) in [5, 5.41) is 14.8. The van der Waals surface area contributed by atoms with Crippen molar-refractivity contribution in [1.29, 1.82) is 0 Å². The molecule has 9 nitrogen and oxygen atoms in total. The third-order valence-electron chi connectivity index (χ3n) is 4.51. The highest BCUT2D eigenvalue weighted by Gasteiger charge is 2.15. The molecule has 0 aliphatic carbocycles. The van der Waals surface area contributed by atoms with Gasteiger partial charge in [-0.05, 0) is 52.3 Å². The van der Waals surface area contributed by atoms with Crippen LogP contribution in [0.5, 0.6) is 11.5 Å². The lowest BCUT2D eigenvalue weighted by molar-refractivity contribution is -0.113. The number of thioether (sulfide) groups is 1. The molecule has 33 heavy (non-hydrogen) atoms. The van der Waals surface area contributed by atoms with E-state index in [1.54, 1.807) is 48.0 Å². The third-order valence-corrected chi connectivity index (χ3v) is 6.77. The lowest BCUT2D eigenvalue weighted by Crippen LogP contribution is -2.24. The predicted octanol–water partition coefficient (Wildman–Crippen LogP) is 3.91. The van der Waals surface area contributed by atoms with Crippen molar-refractivity contribution >= 4 is 56.8 Å². The molecule has 0 radical (unpaired) electrons. The first-order chi connectivity index (χ1) is 15.8. The van der Waals surface area contributed by atoms with Crippen LogP contribution in [0.15, 0.2) is 46.0 Å². The molecule has 2 amide bonds. The summed E-state index contributed by atoms with van der Waals surface area (Å²) in [4.78, 5) is 24.8. The number of hydrogen-bond acceptors (Lipinski definition) is 7. The fraction of sp³-hybridized carbons (Fsp3) is 0.238. The zero-order chi connectivity index (χ0) is 24.0. The van der Waals surface area contributed by atoms with Crippen LogP contribution < -0.4 is 20.1 Å². The van der Waals surface area contributed by atoms with Crippen LogP contribution in [0.3, 0.4) is 0 Å². The number of hydrogen-bond donors (Lipinski definition) is 2. The first-order valence-electron chi connectivity index (χ1n) is 9.58. The van der Waals surface area contributed by atoms with Gasteiger partial charge in [0, 0.05) is 22.8 Å². The fourth-order valence-electron chi connectivity index (χ4n) is 2.76. The SMILES string of the molecule is COc1ccc(C(=O)NCc2nnc(SCC(=O)Nc3ccc(Br)c(Cl)c3)n2C)cc1OC. The summed E-state index contributed by atoms with van der Waals surface area (Å²) >= 11 is 10.6. The lowest BCUT2D eigenvalue weighted by atomic mass is 10.2. The van der Waals surface area contributed by atoms with E-state index in [1.165, 1.54) is 26.0 Å². The normalized spacial score (nSPS) is 10.6. The Hall–Kier alpha value is -2.76. The summed E-state index contributed by atoms with van der Waals surface area (Å²) in [6.07, 6.45) is 0. The van der Waals surface area contributed by atoms with E-state index in [4.69, 9.17) is 21.1 Å². The maximum Gasteiger partial charge on any atom is 0.251 e. The van der Waals surface area contributed by atoms with Gasteiger partial charge in [-0.2, -0.15) is 0 Å². The average molecular weight is 555 g/mol. The largest absolute Gasteiger partial charge is 0.493 e. The first kappa shape index (κ1) is 24.9. The second-order valence-electron chi connectivity index (χ2n) is 6.68. The zero-order valence-electron chi connectivity index (χ0n) is 18.0. The maximum absolute atomic E-state index is 12.5. The van der Waals surface area contributed by atoms with E-state index in [1.807, 2.05) is 0 Å². The Morgan fingerprint density at radius 1 is 1.12 bits per heavy atom. The Balaban J connectivity index is 1.54. The molecule has 1 heterocycles. The molecule has 12 heteroatoms. The van der Waals surface area contributed by atoms with Crippen LogP contribution in [-0.2, 0) is 18.4 Å². The van der Waals surface area contributed by atoms with Crippen molar-refractivity contribution in [2.75, 3.05) is 25.3 Å². The summed E-state index contributed by atoms with van der Waals surface area (Å²) in [7, 11) is 4.81. The van der Waals surface area contributed by atoms with Crippen LogP contribution in [0.25, 0.3) is 0 Å². The number of rotatable bonds is 9. The van der Waals surface area contributed by atoms with Crippen LogP contribution in [0.1, 0.15) is 16.2 Å². The fourth-order valence-corrected chi connectivity index (χ4v) is 3.92. The molecular formula is C21H21BrClN5O4S. The monoisotopic (exact) mass is 553 g/mol.